The summed E-state index contributed by atoms with van der Waals surface area (Å²) in [6.45, 7) is 2.80. The molecule has 0 atom stereocenters. The van der Waals surface area contributed by atoms with Gasteiger partial charge in [-0.3, -0.25) is 0 Å². The van der Waals surface area contributed by atoms with Crippen molar-refractivity contribution >= 4 is 5.97 Å². The number of ether oxygens (including phenoxy) is 1. The minimum Gasteiger partial charge on any atom is -0.462 e. The van der Waals surface area contributed by atoms with Crippen molar-refractivity contribution in [1.29, 1.82) is 0 Å². The number of hydrogen-bond acceptors (Lipinski definition) is 2. The second kappa shape index (κ2) is 17.5. The molecular formula is C25H42NO2+. The highest BCUT2D eigenvalue weighted by Crippen LogP contribution is 2.10. The smallest absolute Gasteiger partial charge is 0.344 e. The Morgan fingerprint density at radius 2 is 1.46 bits per heavy atom. The van der Waals surface area contributed by atoms with E-state index >= 15 is 0 Å². The van der Waals surface area contributed by atoms with Crippen LogP contribution in [0.2, 0.25) is 0 Å². The van der Waals surface area contributed by atoms with Crippen LogP contribution in [0.5, 0.6) is 0 Å². The fourth-order valence-electron chi connectivity index (χ4n) is 3.31. The third kappa shape index (κ3) is 13.5. The molecule has 0 unspecified atom stereocenters. The van der Waals surface area contributed by atoms with E-state index in [2.05, 4.69) is 19.1 Å². The summed E-state index contributed by atoms with van der Waals surface area (Å²) >= 11 is 0. The van der Waals surface area contributed by atoms with E-state index in [1.165, 1.54) is 77.0 Å². The van der Waals surface area contributed by atoms with Gasteiger partial charge in [-0.15, -0.1) is 0 Å². The number of hydrogen-bond donors (Lipinski definition) is 0. The zero-order chi connectivity index (χ0) is 20.3. The van der Waals surface area contributed by atoms with Crippen LogP contribution in [0, 0.1) is 0 Å². The van der Waals surface area contributed by atoms with Crippen molar-refractivity contribution in [2.75, 3.05) is 6.61 Å². The average Bonchev–Trinajstić information content (AvgIpc) is 2.70. The molecule has 158 valence electrons. The van der Waals surface area contributed by atoms with Crippen LogP contribution in [0.15, 0.2) is 36.7 Å². The second-order valence-corrected chi connectivity index (χ2v) is 7.83. The van der Waals surface area contributed by atoms with Crippen LogP contribution < -0.4 is 4.57 Å². The molecule has 0 amide bonds. The first kappa shape index (κ1) is 24.4. The van der Waals surface area contributed by atoms with Gasteiger partial charge < -0.3 is 4.74 Å². The van der Waals surface area contributed by atoms with Gasteiger partial charge in [0.15, 0.2) is 12.4 Å². The number of esters is 1. The molecule has 0 fully saturated rings. The van der Waals surface area contributed by atoms with E-state index in [4.69, 9.17) is 4.74 Å². The van der Waals surface area contributed by atoms with Gasteiger partial charge in [0, 0.05) is 6.07 Å². The highest BCUT2D eigenvalue weighted by molar-refractivity contribution is 5.88. The summed E-state index contributed by atoms with van der Waals surface area (Å²) in [4.78, 5) is 11.9. The van der Waals surface area contributed by atoms with Gasteiger partial charge in [0.25, 0.3) is 0 Å². The number of nitrogens with zero attached hydrogens (tertiary/aromatic N) is 1. The Morgan fingerprint density at radius 1 is 0.893 bits per heavy atom. The van der Waals surface area contributed by atoms with Crippen LogP contribution in [-0.2, 0) is 11.8 Å². The first-order valence-electron chi connectivity index (χ1n) is 11.5. The third-order valence-electron chi connectivity index (χ3n) is 5.06. The topological polar surface area (TPSA) is 30.2 Å². The van der Waals surface area contributed by atoms with Gasteiger partial charge in [0.05, 0.1) is 6.61 Å². The van der Waals surface area contributed by atoms with Gasteiger partial charge in [-0.2, -0.15) is 0 Å². The fourth-order valence-corrected chi connectivity index (χ4v) is 3.31. The summed E-state index contributed by atoms with van der Waals surface area (Å²) in [5.74, 6) is -0.219. The molecule has 3 nitrogen and oxygen atoms in total. The molecule has 0 N–H and O–H groups in total. The predicted molar refractivity (Wildman–Crippen MR) is 117 cm³/mol. The van der Waals surface area contributed by atoms with Gasteiger partial charge in [-0.1, -0.05) is 76.9 Å². The summed E-state index contributed by atoms with van der Waals surface area (Å²) in [5, 5.41) is 0. The van der Waals surface area contributed by atoms with E-state index < -0.39 is 0 Å². The van der Waals surface area contributed by atoms with E-state index in [-0.39, 0.29) is 5.97 Å². The fraction of sp³-hybridized carbons (Fsp3) is 0.680. The SMILES string of the molecule is CCCCCCCCC=CCCCCCCCCOC(=O)c1ccc[n+](C)c1. The van der Waals surface area contributed by atoms with Crippen LogP contribution in [-0.4, -0.2) is 12.6 Å². The van der Waals surface area contributed by atoms with Crippen LogP contribution in [0.4, 0.5) is 0 Å². The molecule has 1 aromatic rings. The van der Waals surface area contributed by atoms with Crippen molar-refractivity contribution in [2.24, 2.45) is 7.05 Å². The molecule has 3 heteroatoms. The zero-order valence-corrected chi connectivity index (χ0v) is 18.3. The number of pyridine rings is 1. The lowest BCUT2D eigenvalue weighted by atomic mass is 10.1. The predicted octanol–water partition coefficient (Wildman–Crippen LogP) is 6.71. The molecule has 0 aliphatic carbocycles. The molecule has 0 saturated heterocycles. The second-order valence-electron chi connectivity index (χ2n) is 7.83. The van der Waals surface area contributed by atoms with Gasteiger partial charge in [-0.25, -0.2) is 9.36 Å². The number of carbonyl (C=O) groups excluding carboxylic acids is 1. The zero-order valence-electron chi connectivity index (χ0n) is 18.3. The van der Waals surface area contributed by atoms with E-state index in [1.807, 2.05) is 23.9 Å². The molecule has 1 aromatic heterocycles. The number of unbranched alkanes of at least 4 members (excludes halogenated alkanes) is 12. The molecule has 28 heavy (non-hydrogen) atoms. The van der Waals surface area contributed by atoms with Crippen LogP contribution >= 0.6 is 0 Å². The Hall–Kier alpha value is -1.64. The van der Waals surface area contributed by atoms with E-state index in [0.29, 0.717) is 12.2 Å². The highest BCUT2D eigenvalue weighted by Gasteiger charge is 2.09. The molecule has 0 spiro atoms. The van der Waals surface area contributed by atoms with Crippen molar-refractivity contribution in [1.82, 2.24) is 0 Å². The minimum atomic E-state index is -0.219. The van der Waals surface area contributed by atoms with Gasteiger partial charge in [0.2, 0.25) is 0 Å². The van der Waals surface area contributed by atoms with Crippen molar-refractivity contribution in [3.63, 3.8) is 0 Å². The molecule has 0 bridgehead atoms. The maximum atomic E-state index is 11.9. The lowest BCUT2D eigenvalue weighted by Gasteiger charge is -2.04. The largest absolute Gasteiger partial charge is 0.462 e. The van der Waals surface area contributed by atoms with E-state index in [9.17, 15) is 4.79 Å². The Labute approximate surface area is 173 Å². The molecular weight excluding hydrogens is 346 g/mol. The molecule has 0 aliphatic heterocycles. The monoisotopic (exact) mass is 388 g/mol. The Kier molecular flexibility index (Phi) is 15.2. The van der Waals surface area contributed by atoms with Crippen molar-refractivity contribution in [2.45, 2.75) is 96.8 Å². The van der Waals surface area contributed by atoms with Gasteiger partial charge in [0.1, 0.15) is 12.6 Å². The van der Waals surface area contributed by atoms with Gasteiger partial charge >= 0.3 is 5.97 Å². The normalized spacial score (nSPS) is 11.2. The molecule has 1 rings (SSSR count). The third-order valence-corrected chi connectivity index (χ3v) is 5.06. The lowest BCUT2D eigenvalue weighted by molar-refractivity contribution is -0.671. The molecule has 0 radical (unpaired) electrons. The summed E-state index contributed by atoms with van der Waals surface area (Å²) < 4.78 is 7.20. The number of rotatable bonds is 17. The Bertz CT molecular complexity index is 539. The summed E-state index contributed by atoms with van der Waals surface area (Å²) in [6, 6.07) is 3.66. The molecule has 0 saturated carbocycles. The minimum absolute atomic E-state index is 0.219. The Morgan fingerprint density at radius 3 is 2.07 bits per heavy atom. The maximum Gasteiger partial charge on any atom is 0.344 e. The summed E-state index contributed by atoms with van der Waals surface area (Å²) in [6.07, 6.45) is 26.5. The van der Waals surface area contributed by atoms with E-state index in [1.54, 1.807) is 12.3 Å². The summed E-state index contributed by atoms with van der Waals surface area (Å²) in [7, 11) is 1.90. The van der Waals surface area contributed by atoms with Crippen LogP contribution in [0.25, 0.3) is 0 Å². The lowest BCUT2D eigenvalue weighted by Crippen LogP contribution is -2.28. The quantitative estimate of drug-likeness (QED) is 0.128. The first-order valence-corrected chi connectivity index (χ1v) is 11.5. The number of carbonyl (C=O) groups is 1. The molecule has 1 heterocycles. The average molecular weight is 389 g/mol. The Balaban J connectivity index is 1.84. The maximum absolute atomic E-state index is 11.9. The highest BCUT2D eigenvalue weighted by atomic mass is 16.5. The standard InChI is InChI=1S/C25H42NO2/c1-3-4-5-6-7-8-9-10-11-12-13-14-15-16-17-18-22-28-25(27)24-20-19-21-26(2)23-24/h10-11,19-21,23H,3-9,12-18,22H2,1-2H3/q+1. The van der Waals surface area contributed by atoms with Crippen molar-refractivity contribution in [3.8, 4) is 0 Å². The molecule has 0 aromatic carbocycles. The van der Waals surface area contributed by atoms with Gasteiger partial charge in [-0.05, 0) is 38.2 Å². The van der Waals surface area contributed by atoms with Crippen molar-refractivity contribution in [3.05, 3.63) is 42.2 Å². The van der Waals surface area contributed by atoms with E-state index in [0.717, 1.165) is 12.8 Å². The van der Waals surface area contributed by atoms with Crippen molar-refractivity contribution < 1.29 is 14.1 Å². The summed E-state index contributed by atoms with van der Waals surface area (Å²) in [5.41, 5.74) is 0.620. The van der Waals surface area contributed by atoms with Crippen LogP contribution in [0.1, 0.15) is 107 Å². The number of aryl methyl sites for hydroxylation is 1. The molecule has 0 aliphatic rings. The van der Waals surface area contributed by atoms with Crippen LogP contribution in [0.3, 0.4) is 0 Å². The number of allylic oxidation sites excluding steroid dienone is 2. The number of aromatic nitrogens is 1. The first-order chi connectivity index (χ1) is 13.7.